The Morgan fingerprint density at radius 3 is 2.27 bits per heavy atom. The summed E-state index contributed by atoms with van der Waals surface area (Å²) in [5, 5.41) is 18.6. The molecule has 26 heavy (non-hydrogen) atoms. The Morgan fingerprint density at radius 1 is 1.04 bits per heavy atom. The molecule has 0 saturated heterocycles. The van der Waals surface area contributed by atoms with Crippen LogP contribution in [0.2, 0.25) is 0 Å². The molecule has 134 valence electrons. The molecule has 0 N–H and O–H groups in total. The number of nitro benzene ring substituents is 1. The normalized spacial score (nSPS) is 11.3. The van der Waals surface area contributed by atoms with E-state index in [4.69, 9.17) is 9.15 Å². The van der Waals surface area contributed by atoms with Crippen LogP contribution in [-0.4, -0.2) is 15.1 Å². The summed E-state index contributed by atoms with van der Waals surface area (Å²) in [4.78, 5) is 10.2. The van der Waals surface area contributed by atoms with Crippen LogP contribution in [0.15, 0.2) is 52.9 Å². The summed E-state index contributed by atoms with van der Waals surface area (Å²) in [5.74, 6) is 1.34. The van der Waals surface area contributed by atoms with E-state index in [1.807, 2.05) is 24.3 Å². The molecule has 0 fully saturated rings. The lowest BCUT2D eigenvalue weighted by Crippen LogP contribution is -2.10. The Labute approximate surface area is 150 Å². The zero-order chi connectivity index (χ0) is 18.7. The van der Waals surface area contributed by atoms with E-state index in [1.165, 1.54) is 17.7 Å². The van der Waals surface area contributed by atoms with Crippen molar-refractivity contribution in [3.63, 3.8) is 0 Å². The summed E-state index contributed by atoms with van der Waals surface area (Å²) in [7, 11) is 0. The van der Waals surface area contributed by atoms with Crippen LogP contribution in [0, 0.1) is 10.1 Å². The van der Waals surface area contributed by atoms with Gasteiger partial charge in [0.2, 0.25) is 5.89 Å². The second kappa shape index (κ2) is 6.95. The van der Waals surface area contributed by atoms with Gasteiger partial charge in [-0.2, -0.15) is 0 Å². The Kier molecular flexibility index (Phi) is 4.71. The van der Waals surface area contributed by atoms with Crippen LogP contribution in [0.4, 0.5) is 5.69 Å². The van der Waals surface area contributed by atoms with Crippen LogP contribution in [0.25, 0.3) is 11.5 Å². The topological polar surface area (TPSA) is 91.3 Å². The zero-order valence-corrected chi connectivity index (χ0v) is 14.8. The minimum Gasteiger partial charge on any atom is -0.484 e. The maximum atomic E-state index is 10.7. The first kappa shape index (κ1) is 17.6. The lowest BCUT2D eigenvalue weighted by atomic mass is 9.87. The van der Waals surface area contributed by atoms with E-state index in [0.29, 0.717) is 23.1 Å². The van der Waals surface area contributed by atoms with Gasteiger partial charge in [-0.25, -0.2) is 0 Å². The fourth-order valence-electron chi connectivity index (χ4n) is 2.35. The van der Waals surface area contributed by atoms with E-state index >= 15 is 0 Å². The molecule has 7 nitrogen and oxygen atoms in total. The molecule has 3 rings (SSSR count). The van der Waals surface area contributed by atoms with Crippen molar-refractivity contribution in [1.82, 2.24) is 10.2 Å². The average molecular weight is 353 g/mol. The molecule has 0 aliphatic rings. The summed E-state index contributed by atoms with van der Waals surface area (Å²) in [5.41, 5.74) is 1.94. The molecule has 2 aromatic carbocycles. The van der Waals surface area contributed by atoms with Gasteiger partial charge >= 0.3 is 0 Å². The van der Waals surface area contributed by atoms with E-state index in [1.54, 1.807) is 12.1 Å². The van der Waals surface area contributed by atoms with Gasteiger partial charge in [0.05, 0.1) is 4.92 Å². The molecule has 0 radical (unpaired) electrons. The molecular formula is C19H19N3O4. The van der Waals surface area contributed by atoms with Crippen LogP contribution in [0.3, 0.4) is 0 Å². The highest BCUT2D eigenvalue weighted by Crippen LogP contribution is 2.25. The van der Waals surface area contributed by atoms with Gasteiger partial charge < -0.3 is 9.15 Å². The van der Waals surface area contributed by atoms with Crippen LogP contribution < -0.4 is 4.74 Å². The van der Waals surface area contributed by atoms with E-state index in [0.717, 1.165) is 0 Å². The molecule has 1 heterocycles. The molecule has 0 saturated carbocycles. The Morgan fingerprint density at radius 2 is 1.69 bits per heavy atom. The third-order valence-corrected chi connectivity index (χ3v) is 3.87. The summed E-state index contributed by atoms with van der Waals surface area (Å²) >= 11 is 0. The largest absolute Gasteiger partial charge is 0.484 e. The molecular weight excluding hydrogens is 334 g/mol. The maximum Gasteiger partial charge on any atom is 0.269 e. The molecule has 0 spiro atoms. The summed E-state index contributed by atoms with van der Waals surface area (Å²) in [6.45, 7) is 6.61. The van der Waals surface area contributed by atoms with Gasteiger partial charge in [-0.05, 0) is 35.2 Å². The molecule has 7 heteroatoms. The van der Waals surface area contributed by atoms with Crippen molar-refractivity contribution >= 4 is 5.69 Å². The zero-order valence-electron chi connectivity index (χ0n) is 14.8. The minimum atomic E-state index is -0.457. The quantitative estimate of drug-likeness (QED) is 0.494. The first-order chi connectivity index (χ1) is 12.3. The van der Waals surface area contributed by atoms with Crippen LogP contribution >= 0.6 is 0 Å². The van der Waals surface area contributed by atoms with Gasteiger partial charge in [0.1, 0.15) is 5.75 Å². The Bertz CT molecular complexity index is 894. The number of benzene rings is 2. The molecule has 0 unspecified atom stereocenters. The SMILES string of the molecule is CC(C)(C)c1ccc(OCc2nnc(-c3ccc([N+](=O)[O-])cc3)o2)cc1. The molecule has 0 aliphatic carbocycles. The van der Waals surface area contributed by atoms with Crippen molar-refractivity contribution in [1.29, 1.82) is 0 Å². The number of hydrogen-bond acceptors (Lipinski definition) is 6. The average Bonchev–Trinajstić information content (AvgIpc) is 3.08. The molecule has 0 bridgehead atoms. The molecule has 0 atom stereocenters. The summed E-state index contributed by atoms with van der Waals surface area (Å²) in [6.07, 6.45) is 0. The van der Waals surface area contributed by atoms with E-state index < -0.39 is 4.92 Å². The van der Waals surface area contributed by atoms with Crippen LogP contribution in [0.1, 0.15) is 32.2 Å². The maximum absolute atomic E-state index is 10.7. The minimum absolute atomic E-state index is 0.00975. The summed E-state index contributed by atoms with van der Waals surface area (Å²) < 4.78 is 11.2. The predicted molar refractivity (Wildman–Crippen MR) is 95.9 cm³/mol. The second-order valence-electron chi connectivity index (χ2n) is 6.87. The van der Waals surface area contributed by atoms with Gasteiger partial charge in [0.15, 0.2) is 6.61 Å². The van der Waals surface area contributed by atoms with Crippen molar-refractivity contribution in [2.24, 2.45) is 0 Å². The lowest BCUT2D eigenvalue weighted by molar-refractivity contribution is -0.384. The smallest absolute Gasteiger partial charge is 0.269 e. The standard InChI is InChI=1S/C19H19N3O4/c1-19(2,3)14-6-10-16(11-7-14)25-12-17-20-21-18(26-17)13-4-8-15(9-5-13)22(23)24/h4-11H,12H2,1-3H3. The monoisotopic (exact) mass is 353 g/mol. The highest BCUT2D eigenvalue weighted by Gasteiger charge is 2.14. The number of non-ortho nitro benzene ring substituents is 1. The lowest BCUT2D eigenvalue weighted by Gasteiger charge is -2.19. The number of nitro groups is 1. The Hall–Kier alpha value is -3.22. The number of aromatic nitrogens is 2. The highest BCUT2D eigenvalue weighted by molar-refractivity contribution is 5.55. The molecule has 1 aromatic heterocycles. The molecule has 0 aliphatic heterocycles. The first-order valence-corrected chi connectivity index (χ1v) is 8.13. The number of hydrogen-bond donors (Lipinski definition) is 0. The van der Waals surface area contributed by atoms with Crippen molar-refractivity contribution < 1.29 is 14.1 Å². The highest BCUT2D eigenvalue weighted by atomic mass is 16.6. The molecule has 0 amide bonds. The molecule has 3 aromatic rings. The fourth-order valence-corrected chi connectivity index (χ4v) is 2.35. The van der Waals surface area contributed by atoms with E-state index in [-0.39, 0.29) is 17.7 Å². The van der Waals surface area contributed by atoms with Crippen LogP contribution in [0.5, 0.6) is 5.75 Å². The number of rotatable bonds is 5. The predicted octanol–water partition coefficient (Wildman–Crippen LogP) is 4.52. The van der Waals surface area contributed by atoms with Gasteiger partial charge in [-0.3, -0.25) is 10.1 Å². The van der Waals surface area contributed by atoms with Crippen LogP contribution in [-0.2, 0) is 12.0 Å². The van der Waals surface area contributed by atoms with Crippen molar-refractivity contribution in [2.75, 3.05) is 0 Å². The van der Waals surface area contributed by atoms with Crippen molar-refractivity contribution in [3.05, 3.63) is 70.1 Å². The third-order valence-electron chi connectivity index (χ3n) is 3.87. The van der Waals surface area contributed by atoms with Gasteiger partial charge in [0, 0.05) is 17.7 Å². The van der Waals surface area contributed by atoms with E-state index in [9.17, 15) is 10.1 Å². The first-order valence-electron chi connectivity index (χ1n) is 8.13. The summed E-state index contributed by atoms with van der Waals surface area (Å²) in [6, 6.07) is 13.8. The third kappa shape index (κ3) is 4.05. The number of ether oxygens (including phenoxy) is 1. The van der Waals surface area contributed by atoms with Crippen molar-refractivity contribution in [3.8, 4) is 17.2 Å². The van der Waals surface area contributed by atoms with Crippen molar-refractivity contribution in [2.45, 2.75) is 32.8 Å². The second-order valence-corrected chi connectivity index (χ2v) is 6.87. The Balaban J connectivity index is 1.64. The number of nitrogens with zero attached hydrogens (tertiary/aromatic N) is 3. The van der Waals surface area contributed by atoms with Gasteiger partial charge in [0.25, 0.3) is 11.6 Å². The van der Waals surface area contributed by atoms with E-state index in [2.05, 4.69) is 31.0 Å². The fraction of sp³-hybridized carbons (Fsp3) is 0.263. The van der Waals surface area contributed by atoms with Gasteiger partial charge in [-0.1, -0.05) is 32.9 Å². The van der Waals surface area contributed by atoms with Gasteiger partial charge in [-0.15, -0.1) is 10.2 Å².